The molecule has 0 aromatic carbocycles. The zero-order valence-corrected chi connectivity index (χ0v) is 12.9. The van der Waals surface area contributed by atoms with Gasteiger partial charge >= 0.3 is 0 Å². The molecule has 0 atom stereocenters. The third-order valence-electron chi connectivity index (χ3n) is 3.28. The highest BCUT2D eigenvalue weighted by atomic mass is 16.2. The summed E-state index contributed by atoms with van der Waals surface area (Å²) in [6.45, 7) is 8.15. The number of rotatable bonds is 8. The quantitative estimate of drug-likeness (QED) is 0.758. The van der Waals surface area contributed by atoms with Crippen LogP contribution in [0.1, 0.15) is 32.8 Å². The van der Waals surface area contributed by atoms with Crippen molar-refractivity contribution in [1.82, 2.24) is 14.9 Å². The number of hydrogen-bond acceptors (Lipinski definition) is 5. The third kappa shape index (κ3) is 4.08. The molecule has 0 fully saturated rings. The number of nitrogens with one attached hydrogen (secondary N) is 2. The molecule has 2 N–H and O–H groups in total. The molecular weight excluding hydrogens is 254 g/mol. The van der Waals surface area contributed by atoms with Crippen molar-refractivity contribution in [3.63, 3.8) is 0 Å². The minimum atomic E-state index is 0.170. The summed E-state index contributed by atoms with van der Waals surface area (Å²) in [5.74, 6) is 1.81. The van der Waals surface area contributed by atoms with Crippen molar-refractivity contribution in [3.8, 4) is 0 Å². The summed E-state index contributed by atoms with van der Waals surface area (Å²) in [6, 6.07) is 0. The number of amides is 1. The highest BCUT2D eigenvalue weighted by Gasteiger charge is 2.11. The Kier molecular flexibility index (Phi) is 6.76. The summed E-state index contributed by atoms with van der Waals surface area (Å²) in [6.07, 6.45) is 2.84. The fourth-order valence-electron chi connectivity index (χ4n) is 2.14. The molecule has 1 aromatic heterocycles. The first-order chi connectivity index (χ1) is 9.67. The number of nitrogens with zero attached hydrogens (tertiary/aromatic N) is 3. The summed E-state index contributed by atoms with van der Waals surface area (Å²) in [7, 11) is 1.84. The van der Waals surface area contributed by atoms with Gasteiger partial charge in [0.05, 0.1) is 0 Å². The van der Waals surface area contributed by atoms with Crippen LogP contribution in [0, 0.1) is 0 Å². The first-order valence-corrected chi connectivity index (χ1v) is 7.21. The predicted molar refractivity (Wildman–Crippen MR) is 82.0 cm³/mol. The van der Waals surface area contributed by atoms with Gasteiger partial charge in [0.15, 0.2) is 0 Å². The minimum Gasteiger partial charge on any atom is -0.373 e. The van der Waals surface area contributed by atoms with Crippen molar-refractivity contribution in [2.24, 2.45) is 0 Å². The lowest BCUT2D eigenvalue weighted by Crippen LogP contribution is -2.31. The van der Waals surface area contributed by atoms with Crippen molar-refractivity contribution in [1.29, 1.82) is 0 Å². The summed E-state index contributed by atoms with van der Waals surface area (Å²) < 4.78 is 0. The molecular formula is C14H25N5O. The zero-order valence-electron chi connectivity index (χ0n) is 12.9. The van der Waals surface area contributed by atoms with Crippen LogP contribution in [-0.4, -0.2) is 47.5 Å². The molecule has 112 valence electrons. The van der Waals surface area contributed by atoms with Crippen LogP contribution in [-0.2, 0) is 11.2 Å². The summed E-state index contributed by atoms with van der Waals surface area (Å²) in [5, 5.41) is 6.29. The molecule has 0 saturated carbocycles. The second-order valence-electron chi connectivity index (χ2n) is 4.40. The van der Waals surface area contributed by atoms with Gasteiger partial charge in [-0.2, -0.15) is 0 Å². The maximum atomic E-state index is 11.9. The van der Waals surface area contributed by atoms with E-state index >= 15 is 0 Å². The Hall–Kier alpha value is -1.85. The van der Waals surface area contributed by atoms with Crippen molar-refractivity contribution >= 4 is 17.5 Å². The van der Waals surface area contributed by atoms with E-state index in [2.05, 4.69) is 27.5 Å². The van der Waals surface area contributed by atoms with Gasteiger partial charge in [-0.1, -0.05) is 6.92 Å². The molecule has 20 heavy (non-hydrogen) atoms. The normalized spacial score (nSPS) is 10.2. The van der Waals surface area contributed by atoms with Crippen LogP contribution in [0.2, 0.25) is 0 Å². The highest BCUT2D eigenvalue weighted by Crippen LogP contribution is 2.19. The molecule has 0 saturated heterocycles. The molecule has 6 heteroatoms. The van der Waals surface area contributed by atoms with Gasteiger partial charge in [0.25, 0.3) is 0 Å². The SMILES string of the molecule is CCc1c(NC)ncnc1NCCC(=O)N(CC)CC. The molecule has 0 aliphatic heterocycles. The van der Waals surface area contributed by atoms with Crippen LogP contribution >= 0.6 is 0 Å². The summed E-state index contributed by atoms with van der Waals surface area (Å²) in [5.41, 5.74) is 1.05. The van der Waals surface area contributed by atoms with Crippen LogP contribution in [0.4, 0.5) is 11.6 Å². The van der Waals surface area contributed by atoms with Gasteiger partial charge in [0, 0.05) is 38.7 Å². The van der Waals surface area contributed by atoms with Gasteiger partial charge in [-0.3, -0.25) is 4.79 Å². The van der Waals surface area contributed by atoms with Crippen molar-refractivity contribution < 1.29 is 4.79 Å². The van der Waals surface area contributed by atoms with E-state index in [0.29, 0.717) is 13.0 Å². The lowest BCUT2D eigenvalue weighted by atomic mass is 10.2. The van der Waals surface area contributed by atoms with E-state index in [9.17, 15) is 4.79 Å². The van der Waals surface area contributed by atoms with Gasteiger partial charge in [-0.05, 0) is 20.3 Å². The molecule has 0 spiro atoms. The second-order valence-corrected chi connectivity index (χ2v) is 4.40. The molecule has 1 amide bonds. The molecule has 0 aliphatic rings. The van der Waals surface area contributed by atoms with Gasteiger partial charge in [0.2, 0.25) is 5.91 Å². The number of carbonyl (C=O) groups is 1. The number of hydrogen-bond donors (Lipinski definition) is 2. The van der Waals surface area contributed by atoms with Crippen molar-refractivity contribution in [2.45, 2.75) is 33.6 Å². The first kappa shape index (κ1) is 16.2. The van der Waals surface area contributed by atoms with Crippen LogP contribution in [0.25, 0.3) is 0 Å². The molecule has 0 radical (unpaired) electrons. The summed E-state index contributed by atoms with van der Waals surface area (Å²) >= 11 is 0. The van der Waals surface area contributed by atoms with Crippen molar-refractivity contribution in [3.05, 3.63) is 11.9 Å². The van der Waals surface area contributed by atoms with E-state index < -0.39 is 0 Å². The van der Waals surface area contributed by atoms with Crippen LogP contribution in [0.3, 0.4) is 0 Å². The van der Waals surface area contributed by atoms with Gasteiger partial charge in [-0.15, -0.1) is 0 Å². The Morgan fingerprint density at radius 3 is 2.40 bits per heavy atom. The molecule has 1 rings (SSSR count). The highest BCUT2D eigenvalue weighted by molar-refractivity contribution is 5.76. The van der Waals surface area contributed by atoms with E-state index in [-0.39, 0.29) is 5.91 Å². The van der Waals surface area contributed by atoms with E-state index in [4.69, 9.17) is 0 Å². The fraction of sp³-hybridized carbons (Fsp3) is 0.643. The Balaban J connectivity index is 2.60. The van der Waals surface area contributed by atoms with Crippen LogP contribution in [0.15, 0.2) is 6.33 Å². The van der Waals surface area contributed by atoms with Crippen LogP contribution < -0.4 is 10.6 Å². The number of anilines is 2. The number of aromatic nitrogens is 2. The third-order valence-corrected chi connectivity index (χ3v) is 3.28. The number of carbonyl (C=O) groups excluding carboxylic acids is 1. The molecule has 0 aliphatic carbocycles. The molecule has 6 nitrogen and oxygen atoms in total. The Morgan fingerprint density at radius 1 is 1.20 bits per heavy atom. The molecule has 1 heterocycles. The zero-order chi connectivity index (χ0) is 15.0. The molecule has 0 unspecified atom stereocenters. The first-order valence-electron chi connectivity index (χ1n) is 7.21. The Bertz CT molecular complexity index is 432. The lowest BCUT2D eigenvalue weighted by molar-refractivity contribution is -0.130. The van der Waals surface area contributed by atoms with E-state index in [1.807, 2.05) is 25.8 Å². The monoisotopic (exact) mass is 279 g/mol. The van der Waals surface area contributed by atoms with Gasteiger partial charge < -0.3 is 15.5 Å². The smallest absolute Gasteiger partial charge is 0.224 e. The maximum Gasteiger partial charge on any atom is 0.224 e. The minimum absolute atomic E-state index is 0.170. The Morgan fingerprint density at radius 2 is 1.85 bits per heavy atom. The Labute approximate surface area is 121 Å². The average molecular weight is 279 g/mol. The van der Waals surface area contributed by atoms with Gasteiger partial charge in [0.1, 0.15) is 18.0 Å². The van der Waals surface area contributed by atoms with Gasteiger partial charge in [-0.25, -0.2) is 9.97 Å². The summed E-state index contributed by atoms with van der Waals surface area (Å²) in [4.78, 5) is 22.2. The lowest BCUT2D eigenvalue weighted by Gasteiger charge is -2.19. The molecule has 0 bridgehead atoms. The largest absolute Gasteiger partial charge is 0.373 e. The van der Waals surface area contributed by atoms with Crippen molar-refractivity contribution in [2.75, 3.05) is 37.3 Å². The van der Waals surface area contributed by atoms with Crippen LogP contribution in [0.5, 0.6) is 0 Å². The standard InChI is InChI=1S/C14H25N5O/c1-5-11-13(15-4)17-10-18-14(11)16-9-8-12(20)19(6-2)7-3/h10H,5-9H2,1-4H3,(H2,15,16,17,18). The average Bonchev–Trinajstić information content (AvgIpc) is 2.48. The fourth-order valence-corrected chi connectivity index (χ4v) is 2.14. The topological polar surface area (TPSA) is 70.1 Å². The maximum absolute atomic E-state index is 11.9. The predicted octanol–water partition coefficient (Wildman–Crippen LogP) is 1.75. The van der Waals surface area contributed by atoms with E-state index in [0.717, 1.165) is 36.7 Å². The second kappa shape index (κ2) is 8.35. The molecule has 1 aromatic rings. The van der Waals surface area contributed by atoms with E-state index in [1.54, 1.807) is 0 Å². The van der Waals surface area contributed by atoms with E-state index in [1.165, 1.54) is 6.33 Å².